The van der Waals surface area contributed by atoms with E-state index in [1.165, 1.54) is 6.07 Å². The van der Waals surface area contributed by atoms with Crippen LogP contribution in [0.3, 0.4) is 0 Å². The lowest BCUT2D eigenvalue weighted by Crippen LogP contribution is -2.04. The van der Waals surface area contributed by atoms with Crippen molar-refractivity contribution in [1.82, 2.24) is 15.0 Å². The Morgan fingerprint density at radius 2 is 1.76 bits per heavy atom. The minimum Gasteiger partial charge on any atom is -0.265 e. The molecule has 2 rings (SSSR count). The highest BCUT2D eigenvalue weighted by Crippen LogP contribution is 2.16. The maximum Gasteiger partial charge on any atom is 0.192 e. The van der Waals surface area contributed by atoms with Crippen LogP contribution in [0.1, 0.15) is 5.69 Å². The topological polar surface area (TPSA) is 72.8 Å². The molecular formula is C11H11N3O2S. The van der Waals surface area contributed by atoms with E-state index in [2.05, 4.69) is 15.0 Å². The molecule has 0 unspecified atom stereocenters. The van der Waals surface area contributed by atoms with Crippen molar-refractivity contribution in [3.8, 4) is 11.4 Å². The Bertz CT molecular complexity index is 639. The molecule has 0 amide bonds. The lowest BCUT2D eigenvalue weighted by Gasteiger charge is -2.04. The van der Waals surface area contributed by atoms with Gasteiger partial charge in [0.2, 0.25) is 0 Å². The molecule has 5 nitrogen and oxygen atoms in total. The van der Waals surface area contributed by atoms with Gasteiger partial charge in [-0.05, 0) is 25.1 Å². The lowest BCUT2D eigenvalue weighted by atomic mass is 10.2. The van der Waals surface area contributed by atoms with Crippen LogP contribution in [0.25, 0.3) is 11.4 Å². The van der Waals surface area contributed by atoms with Gasteiger partial charge in [-0.3, -0.25) is 4.98 Å². The number of aryl methyl sites for hydroxylation is 1. The van der Waals surface area contributed by atoms with E-state index in [0.717, 1.165) is 11.8 Å². The Hall–Kier alpha value is -1.82. The van der Waals surface area contributed by atoms with E-state index in [9.17, 15) is 8.42 Å². The van der Waals surface area contributed by atoms with Crippen LogP contribution in [0, 0.1) is 6.92 Å². The third-order valence-corrected chi connectivity index (χ3v) is 3.12. The fourth-order valence-electron chi connectivity index (χ4n) is 1.36. The summed E-state index contributed by atoms with van der Waals surface area (Å²) in [6.07, 6.45) is 4.35. The van der Waals surface area contributed by atoms with E-state index in [1.54, 1.807) is 31.5 Å². The van der Waals surface area contributed by atoms with E-state index in [0.29, 0.717) is 11.5 Å². The predicted molar refractivity (Wildman–Crippen MR) is 63.1 cm³/mol. The summed E-state index contributed by atoms with van der Waals surface area (Å²) in [5, 5.41) is 0.0387. The van der Waals surface area contributed by atoms with Crippen LogP contribution < -0.4 is 0 Å². The molecule has 0 fully saturated rings. The molecular weight excluding hydrogens is 238 g/mol. The van der Waals surface area contributed by atoms with E-state index in [4.69, 9.17) is 0 Å². The molecule has 0 aromatic carbocycles. The maximum absolute atomic E-state index is 11.5. The first-order valence-corrected chi connectivity index (χ1v) is 6.82. The standard InChI is InChI=1S/C11H11N3O2S/c1-8-7-10(17(2,15)16)14-11(13-8)9-3-5-12-6-4-9/h3-7H,1-2H3. The van der Waals surface area contributed by atoms with Gasteiger partial charge < -0.3 is 0 Å². The summed E-state index contributed by atoms with van der Waals surface area (Å²) >= 11 is 0. The molecule has 0 saturated heterocycles. The van der Waals surface area contributed by atoms with Crippen molar-refractivity contribution >= 4 is 9.84 Å². The molecule has 0 N–H and O–H groups in total. The highest BCUT2D eigenvalue weighted by Gasteiger charge is 2.12. The highest BCUT2D eigenvalue weighted by molar-refractivity contribution is 7.90. The quantitative estimate of drug-likeness (QED) is 0.749. The van der Waals surface area contributed by atoms with Crippen LogP contribution in [0.5, 0.6) is 0 Å². The molecule has 6 heteroatoms. The van der Waals surface area contributed by atoms with Crippen molar-refractivity contribution in [2.24, 2.45) is 0 Å². The molecule has 2 aromatic heterocycles. The average molecular weight is 249 g/mol. The number of rotatable bonds is 2. The number of aromatic nitrogens is 3. The Labute approximate surface area is 99.5 Å². The average Bonchev–Trinajstić information content (AvgIpc) is 2.28. The van der Waals surface area contributed by atoms with Crippen molar-refractivity contribution < 1.29 is 8.42 Å². The summed E-state index contributed by atoms with van der Waals surface area (Å²) in [5.74, 6) is 0.396. The second kappa shape index (κ2) is 4.21. The summed E-state index contributed by atoms with van der Waals surface area (Å²) in [4.78, 5) is 12.2. The fourth-order valence-corrected chi connectivity index (χ4v) is 2.00. The Morgan fingerprint density at radius 3 is 2.35 bits per heavy atom. The zero-order chi connectivity index (χ0) is 12.5. The zero-order valence-electron chi connectivity index (χ0n) is 9.45. The normalized spacial score (nSPS) is 11.4. The first kappa shape index (κ1) is 11.7. The van der Waals surface area contributed by atoms with Crippen molar-refractivity contribution in [3.05, 3.63) is 36.3 Å². The van der Waals surface area contributed by atoms with Gasteiger partial charge in [0, 0.05) is 29.9 Å². The lowest BCUT2D eigenvalue weighted by molar-refractivity contribution is 0.597. The molecule has 2 heterocycles. The molecule has 0 bridgehead atoms. The third kappa shape index (κ3) is 2.65. The van der Waals surface area contributed by atoms with Crippen LogP contribution in [0.15, 0.2) is 35.6 Å². The van der Waals surface area contributed by atoms with Crippen LogP contribution >= 0.6 is 0 Å². The van der Waals surface area contributed by atoms with Gasteiger partial charge in [-0.2, -0.15) is 0 Å². The fraction of sp³-hybridized carbons (Fsp3) is 0.182. The highest BCUT2D eigenvalue weighted by atomic mass is 32.2. The summed E-state index contributed by atoms with van der Waals surface area (Å²) in [5.41, 5.74) is 1.36. The van der Waals surface area contributed by atoms with Crippen molar-refractivity contribution in [2.75, 3.05) is 6.26 Å². The van der Waals surface area contributed by atoms with E-state index in [1.807, 2.05) is 0 Å². The second-order valence-electron chi connectivity index (χ2n) is 3.68. The van der Waals surface area contributed by atoms with Gasteiger partial charge in [-0.1, -0.05) is 0 Å². The van der Waals surface area contributed by atoms with Crippen LogP contribution in [0.4, 0.5) is 0 Å². The van der Waals surface area contributed by atoms with Gasteiger partial charge in [-0.15, -0.1) is 0 Å². The second-order valence-corrected chi connectivity index (χ2v) is 5.64. The Balaban J connectivity index is 2.61. The first-order valence-electron chi connectivity index (χ1n) is 4.93. The minimum absolute atomic E-state index is 0.0387. The molecule has 0 spiro atoms. The molecule has 2 aromatic rings. The molecule has 0 aliphatic rings. The SMILES string of the molecule is Cc1cc(S(C)(=O)=O)nc(-c2ccncc2)n1. The Morgan fingerprint density at radius 1 is 1.12 bits per heavy atom. The monoisotopic (exact) mass is 249 g/mol. The number of sulfone groups is 1. The molecule has 0 aliphatic heterocycles. The number of hydrogen-bond acceptors (Lipinski definition) is 5. The first-order chi connectivity index (χ1) is 7.97. The number of hydrogen-bond donors (Lipinski definition) is 0. The summed E-state index contributed by atoms with van der Waals surface area (Å²) < 4.78 is 22.9. The molecule has 0 aliphatic carbocycles. The van der Waals surface area contributed by atoms with Crippen LogP contribution in [-0.2, 0) is 9.84 Å². The number of pyridine rings is 1. The zero-order valence-corrected chi connectivity index (χ0v) is 10.3. The molecule has 88 valence electrons. The third-order valence-electron chi connectivity index (χ3n) is 2.15. The smallest absolute Gasteiger partial charge is 0.192 e. The summed E-state index contributed by atoms with van der Waals surface area (Å²) in [7, 11) is -3.32. The molecule has 0 atom stereocenters. The molecule has 17 heavy (non-hydrogen) atoms. The summed E-state index contributed by atoms with van der Waals surface area (Å²) in [6, 6.07) is 4.93. The van der Waals surface area contributed by atoms with Gasteiger partial charge >= 0.3 is 0 Å². The van der Waals surface area contributed by atoms with Crippen LogP contribution in [-0.4, -0.2) is 29.6 Å². The van der Waals surface area contributed by atoms with Crippen molar-refractivity contribution in [3.63, 3.8) is 0 Å². The molecule has 0 saturated carbocycles. The maximum atomic E-state index is 11.5. The van der Waals surface area contributed by atoms with E-state index < -0.39 is 9.84 Å². The Kier molecular flexibility index (Phi) is 2.89. The van der Waals surface area contributed by atoms with E-state index >= 15 is 0 Å². The van der Waals surface area contributed by atoms with Gasteiger partial charge in [-0.25, -0.2) is 18.4 Å². The predicted octanol–water partition coefficient (Wildman–Crippen LogP) is 1.25. The molecule has 0 radical (unpaired) electrons. The largest absolute Gasteiger partial charge is 0.265 e. The minimum atomic E-state index is -3.32. The van der Waals surface area contributed by atoms with Crippen LogP contribution in [0.2, 0.25) is 0 Å². The van der Waals surface area contributed by atoms with Gasteiger partial charge in [0.1, 0.15) is 0 Å². The van der Waals surface area contributed by atoms with Crippen molar-refractivity contribution in [1.29, 1.82) is 0 Å². The van der Waals surface area contributed by atoms with Gasteiger partial charge in [0.05, 0.1) is 0 Å². The van der Waals surface area contributed by atoms with Gasteiger partial charge in [0.15, 0.2) is 20.7 Å². The summed E-state index contributed by atoms with van der Waals surface area (Å²) in [6.45, 7) is 1.74. The van der Waals surface area contributed by atoms with Gasteiger partial charge in [0.25, 0.3) is 0 Å². The number of nitrogens with zero attached hydrogens (tertiary/aromatic N) is 3. The van der Waals surface area contributed by atoms with Crippen molar-refractivity contribution in [2.45, 2.75) is 11.9 Å². The van der Waals surface area contributed by atoms with E-state index in [-0.39, 0.29) is 5.03 Å².